The molecule has 0 bridgehead atoms. The summed E-state index contributed by atoms with van der Waals surface area (Å²) in [5.41, 5.74) is -0.0278. The molecule has 1 fully saturated rings. The average molecular weight is 99.1 g/mol. The van der Waals surface area contributed by atoms with Gasteiger partial charge < -0.3 is 0 Å². The topological polar surface area (TPSA) is 12.4 Å². The van der Waals surface area contributed by atoms with Gasteiger partial charge in [-0.2, -0.15) is 0 Å². The lowest BCUT2D eigenvalue weighted by Gasteiger charge is -2.19. The van der Waals surface area contributed by atoms with Gasteiger partial charge in [0, 0.05) is 6.21 Å². The van der Waals surface area contributed by atoms with Gasteiger partial charge in [-0.25, -0.2) is 4.39 Å². The maximum Gasteiger partial charge on any atom is 0.199 e. The summed E-state index contributed by atoms with van der Waals surface area (Å²) in [5, 5.41) is 0. The molecule has 1 heterocycles. The molecule has 1 aliphatic heterocycles. The third kappa shape index (κ3) is 0.263. The first kappa shape index (κ1) is 3.58. The fourth-order valence-corrected chi connectivity index (χ4v) is 0.853. The summed E-state index contributed by atoms with van der Waals surface area (Å²) < 4.78 is 12.2. The van der Waals surface area contributed by atoms with Crippen LogP contribution in [0.2, 0.25) is 0 Å². The molecular weight excluding hydrogens is 93.1 g/mol. The van der Waals surface area contributed by atoms with Crippen LogP contribution in [0.5, 0.6) is 0 Å². The molecule has 0 aromatic carbocycles. The van der Waals surface area contributed by atoms with Crippen molar-refractivity contribution in [3.63, 3.8) is 0 Å². The highest BCUT2D eigenvalue weighted by Gasteiger charge is 2.54. The van der Waals surface area contributed by atoms with E-state index in [2.05, 4.69) is 4.99 Å². The van der Waals surface area contributed by atoms with Crippen molar-refractivity contribution in [3.8, 4) is 0 Å². The SMILES string of the molecule is FC1N=CC12CC2. The molecule has 1 spiro atoms. The highest BCUT2D eigenvalue weighted by Crippen LogP contribution is 2.53. The molecule has 2 rings (SSSR count). The number of nitrogens with zero attached hydrogens (tertiary/aromatic N) is 1. The fourth-order valence-electron chi connectivity index (χ4n) is 0.853. The van der Waals surface area contributed by atoms with E-state index in [1.54, 1.807) is 6.21 Å². The van der Waals surface area contributed by atoms with E-state index in [-0.39, 0.29) is 5.41 Å². The zero-order valence-corrected chi connectivity index (χ0v) is 3.89. The van der Waals surface area contributed by atoms with E-state index >= 15 is 0 Å². The van der Waals surface area contributed by atoms with Crippen LogP contribution in [0.15, 0.2) is 4.99 Å². The number of hydrogen-bond acceptors (Lipinski definition) is 1. The van der Waals surface area contributed by atoms with Gasteiger partial charge in [0.1, 0.15) is 0 Å². The quantitative estimate of drug-likeness (QED) is 0.404. The predicted molar refractivity (Wildman–Crippen MR) is 25.1 cm³/mol. The third-order valence-corrected chi connectivity index (χ3v) is 1.76. The fraction of sp³-hybridized carbons (Fsp3) is 0.800. The van der Waals surface area contributed by atoms with Crippen LogP contribution in [0.25, 0.3) is 0 Å². The van der Waals surface area contributed by atoms with Crippen LogP contribution >= 0.6 is 0 Å². The minimum absolute atomic E-state index is 0.0278. The van der Waals surface area contributed by atoms with Crippen molar-refractivity contribution in [2.75, 3.05) is 0 Å². The highest BCUT2D eigenvalue weighted by molar-refractivity contribution is 5.76. The molecule has 0 aromatic heterocycles. The van der Waals surface area contributed by atoms with Gasteiger partial charge in [0.2, 0.25) is 0 Å². The largest absolute Gasteiger partial charge is 0.259 e. The first-order chi connectivity index (χ1) is 3.33. The Morgan fingerprint density at radius 3 is 2.43 bits per heavy atom. The van der Waals surface area contributed by atoms with Crippen LogP contribution in [0.1, 0.15) is 12.8 Å². The van der Waals surface area contributed by atoms with Crippen LogP contribution in [0, 0.1) is 5.41 Å². The van der Waals surface area contributed by atoms with Crippen molar-refractivity contribution in [1.29, 1.82) is 0 Å². The van der Waals surface area contributed by atoms with Crippen molar-refractivity contribution in [2.24, 2.45) is 10.4 Å². The zero-order valence-electron chi connectivity index (χ0n) is 3.89. The maximum atomic E-state index is 12.2. The molecule has 1 unspecified atom stereocenters. The zero-order chi connectivity index (χ0) is 4.91. The number of rotatable bonds is 0. The van der Waals surface area contributed by atoms with Crippen LogP contribution in [-0.4, -0.2) is 12.5 Å². The summed E-state index contributed by atoms with van der Waals surface area (Å²) in [6, 6.07) is 0. The van der Waals surface area contributed by atoms with Gasteiger partial charge in [-0.3, -0.25) is 4.99 Å². The van der Waals surface area contributed by atoms with Gasteiger partial charge in [0.15, 0.2) is 6.30 Å². The Labute approximate surface area is 41.2 Å². The molecule has 0 N–H and O–H groups in total. The van der Waals surface area contributed by atoms with Crippen molar-refractivity contribution < 1.29 is 4.39 Å². The Morgan fingerprint density at radius 1 is 1.71 bits per heavy atom. The predicted octanol–water partition coefficient (Wildman–Crippen LogP) is 1.15. The Balaban J connectivity index is 2.27. The monoisotopic (exact) mass is 99.0 g/mol. The van der Waals surface area contributed by atoms with E-state index < -0.39 is 6.30 Å². The maximum absolute atomic E-state index is 12.2. The number of hydrogen-bond donors (Lipinski definition) is 0. The molecule has 38 valence electrons. The lowest BCUT2D eigenvalue weighted by atomic mass is 10.0. The molecule has 7 heavy (non-hydrogen) atoms. The molecule has 0 saturated heterocycles. The van der Waals surface area contributed by atoms with Gasteiger partial charge in [0.25, 0.3) is 0 Å². The number of alkyl halides is 1. The molecule has 0 radical (unpaired) electrons. The van der Waals surface area contributed by atoms with Crippen molar-refractivity contribution in [1.82, 2.24) is 0 Å². The Bertz CT molecular complexity index is 126. The molecule has 1 atom stereocenters. The van der Waals surface area contributed by atoms with Crippen molar-refractivity contribution in [3.05, 3.63) is 0 Å². The summed E-state index contributed by atoms with van der Waals surface area (Å²) in [7, 11) is 0. The second-order valence-electron chi connectivity index (χ2n) is 2.35. The second-order valence-corrected chi connectivity index (χ2v) is 2.35. The van der Waals surface area contributed by atoms with Crippen molar-refractivity contribution >= 4 is 6.21 Å². The average Bonchev–Trinajstić information content (AvgIpc) is 2.40. The number of halogens is 1. The standard InChI is InChI=1S/C5H6FN/c6-4-5(1-2-5)3-7-4/h3-4H,1-2H2. The van der Waals surface area contributed by atoms with E-state index in [1.165, 1.54) is 0 Å². The molecule has 1 saturated carbocycles. The number of aliphatic imine (C=N–C) groups is 1. The Kier molecular flexibility index (Phi) is 0.382. The van der Waals surface area contributed by atoms with Crippen LogP contribution in [0.3, 0.4) is 0 Å². The van der Waals surface area contributed by atoms with Gasteiger partial charge in [-0.15, -0.1) is 0 Å². The smallest absolute Gasteiger partial charge is 0.199 e. The molecular formula is C5H6FN. The minimum Gasteiger partial charge on any atom is -0.259 e. The van der Waals surface area contributed by atoms with Crippen molar-refractivity contribution in [2.45, 2.75) is 19.1 Å². The molecule has 1 aliphatic carbocycles. The third-order valence-electron chi connectivity index (χ3n) is 1.76. The van der Waals surface area contributed by atoms with E-state index in [0.29, 0.717) is 0 Å². The summed E-state index contributed by atoms with van der Waals surface area (Å²) in [5.74, 6) is 0. The first-order valence-corrected chi connectivity index (χ1v) is 2.52. The van der Waals surface area contributed by atoms with Crippen LogP contribution in [-0.2, 0) is 0 Å². The van der Waals surface area contributed by atoms with E-state index in [1.807, 2.05) is 0 Å². The second kappa shape index (κ2) is 0.746. The van der Waals surface area contributed by atoms with E-state index in [9.17, 15) is 4.39 Å². The van der Waals surface area contributed by atoms with Gasteiger partial charge in [-0.1, -0.05) is 0 Å². The molecule has 2 heteroatoms. The lowest BCUT2D eigenvalue weighted by molar-refractivity contribution is 0.245. The Hall–Kier alpha value is -0.400. The minimum atomic E-state index is -0.840. The Morgan fingerprint density at radius 2 is 2.43 bits per heavy atom. The molecule has 2 aliphatic rings. The first-order valence-electron chi connectivity index (χ1n) is 2.52. The summed E-state index contributed by atoms with van der Waals surface area (Å²) in [6.07, 6.45) is 2.96. The molecule has 0 amide bonds. The van der Waals surface area contributed by atoms with E-state index in [0.717, 1.165) is 12.8 Å². The van der Waals surface area contributed by atoms with Gasteiger partial charge in [-0.05, 0) is 12.8 Å². The summed E-state index contributed by atoms with van der Waals surface area (Å²) in [6.45, 7) is 0. The molecule has 0 aromatic rings. The molecule has 1 nitrogen and oxygen atoms in total. The van der Waals surface area contributed by atoms with Gasteiger partial charge in [0.05, 0.1) is 5.41 Å². The van der Waals surface area contributed by atoms with Crippen LogP contribution in [0.4, 0.5) is 4.39 Å². The summed E-state index contributed by atoms with van der Waals surface area (Å²) in [4.78, 5) is 3.49. The van der Waals surface area contributed by atoms with Crippen LogP contribution < -0.4 is 0 Å². The van der Waals surface area contributed by atoms with E-state index in [4.69, 9.17) is 0 Å². The normalized spacial score (nSPS) is 41.0. The lowest BCUT2D eigenvalue weighted by Crippen LogP contribution is -2.26. The van der Waals surface area contributed by atoms with Gasteiger partial charge >= 0.3 is 0 Å². The summed E-state index contributed by atoms with van der Waals surface area (Å²) >= 11 is 0. The highest BCUT2D eigenvalue weighted by atomic mass is 19.1.